The second-order valence-electron chi connectivity index (χ2n) is 6.18. The van der Waals surface area contributed by atoms with Crippen molar-refractivity contribution in [3.8, 4) is 0 Å². The van der Waals surface area contributed by atoms with Gasteiger partial charge in [0.25, 0.3) is 0 Å². The molecule has 0 saturated carbocycles. The molecule has 1 nitrogen and oxygen atoms in total. The molecule has 0 aromatic heterocycles. The molecule has 1 N–H and O–H groups in total. The Hall–Kier alpha value is -1.08. The molecule has 2 rings (SSSR count). The first-order chi connectivity index (χ1) is 9.70. The Bertz CT molecular complexity index is 459. The summed E-state index contributed by atoms with van der Waals surface area (Å²) in [6, 6.07) is 7.37. The first kappa shape index (κ1) is 15.3. The monoisotopic (exact) mass is 271 g/mol. The maximum absolute atomic E-state index is 3.75. The molecule has 0 radical (unpaired) electrons. The van der Waals surface area contributed by atoms with Crippen LogP contribution in [0.15, 0.2) is 29.8 Å². The van der Waals surface area contributed by atoms with Gasteiger partial charge in [0.15, 0.2) is 0 Å². The molecule has 110 valence electrons. The van der Waals surface area contributed by atoms with E-state index in [0.717, 1.165) is 6.54 Å². The number of hydrogen-bond donors (Lipinski definition) is 1. The Morgan fingerprint density at radius 3 is 2.70 bits per heavy atom. The van der Waals surface area contributed by atoms with Crippen LogP contribution in [0.2, 0.25) is 0 Å². The molecule has 0 saturated heterocycles. The van der Waals surface area contributed by atoms with E-state index in [0.29, 0.717) is 6.04 Å². The fourth-order valence-electron chi connectivity index (χ4n) is 3.18. The molecule has 1 unspecified atom stereocenters. The van der Waals surface area contributed by atoms with Crippen molar-refractivity contribution in [2.24, 2.45) is 0 Å². The van der Waals surface area contributed by atoms with E-state index in [1.54, 1.807) is 5.57 Å². The van der Waals surface area contributed by atoms with E-state index in [1.807, 2.05) is 0 Å². The van der Waals surface area contributed by atoms with E-state index in [1.165, 1.54) is 55.2 Å². The van der Waals surface area contributed by atoms with E-state index < -0.39 is 0 Å². The number of aryl methyl sites for hydroxylation is 2. The van der Waals surface area contributed by atoms with Gasteiger partial charge in [0, 0.05) is 6.04 Å². The zero-order valence-corrected chi connectivity index (χ0v) is 13.3. The van der Waals surface area contributed by atoms with E-state index >= 15 is 0 Å². The molecule has 20 heavy (non-hydrogen) atoms. The largest absolute Gasteiger partial charge is 0.310 e. The lowest BCUT2D eigenvalue weighted by Gasteiger charge is -2.24. The zero-order valence-electron chi connectivity index (χ0n) is 13.3. The van der Waals surface area contributed by atoms with Crippen molar-refractivity contribution >= 4 is 0 Å². The molecule has 1 aromatic rings. The third kappa shape index (κ3) is 4.21. The SMILES string of the molecule is CCCNC(CC1=CCCCC1)c1ccc(C)cc1C. The van der Waals surface area contributed by atoms with Crippen molar-refractivity contribution in [1.29, 1.82) is 0 Å². The third-order valence-electron chi connectivity index (χ3n) is 4.29. The first-order valence-corrected chi connectivity index (χ1v) is 8.19. The molecule has 0 heterocycles. The summed E-state index contributed by atoms with van der Waals surface area (Å²) in [5, 5.41) is 3.75. The van der Waals surface area contributed by atoms with Crippen LogP contribution in [0, 0.1) is 13.8 Å². The maximum atomic E-state index is 3.75. The van der Waals surface area contributed by atoms with Crippen LogP contribution in [0.3, 0.4) is 0 Å². The highest BCUT2D eigenvalue weighted by Gasteiger charge is 2.16. The van der Waals surface area contributed by atoms with E-state index in [2.05, 4.69) is 50.4 Å². The normalized spacial score (nSPS) is 16.9. The van der Waals surface area contributed by atoms with Crippen LogP contribution < -0.4 is 5.32 Å². The number of allylic oxidation sites excluding steroid dienone is 1. The lowest BCUT2D eigenvalue weighted by molar-refractivity contribution is 0.510. The highest BCUT2D eigenvalue weighted by Crippen LogP contribution is 2.29. The number of benzene rings is 1. The van der Waals surface area contributed by atoms with Crippen molar-refractivity contribution < 1.29 is 0 Å². The molecule has 0 spiro atoms. The fourth-order valence-corrected chi connectivity index (χ4v) is 3.18. The fraction of sp³-hybridized carbons (Fsp3) is 0.579. The van der Waals surface area contributed by atoms with Gasteiger partial charge in [-0.05, 0) is 70.0 Å². The first-order valence-electron chi connectivity index (χ1n) is 8.19. The standard InChI is InChI=1S/C19H29N/c1-4-12-20-19(14-17-8-6-5-7-9-17)18-11-10-15(2)13-16(18)3/h8,10-11,13,19-20H,4-7,9,12,14H2,1-3H3. The Kier molecular flexibility index (Phi) is 5.85. The summed E-state index contributed by atoms with van der Waals surface area (Å²) < 4.78 is 0. The van der Waals surface area contributed by atoms with Crippen LogP contribution in [0.1, 0.15) is 68.2 Å². The van der Waals surface area contributed by atoms with Crippen LogP contribution in [-0.4, -0.2) is 6.54 Å². The molecule has 1 aliphatic carbocycles. The maximum Gasteiger partial charge on any atom is 0.0360 e. The molecule has 1 aromatic carbocycles. The smallest absolute Gasteiger partial charge is 0.0360 e. The average molecular weight is 271 g/mol. The molecule has 0 fully saturated rings. The average Bonchev–Trinajstić information content (AvgIpc) is 2.45. The Morgan fingerprint density at radius 2 is 2.05 bits per heavy atom. The Morgan fingerprint density at radius 1 is 1.20 bits per heavy atom. The summed E-state index contributed by atoms with van der Waals surface area (Å²) in [4.78, 5) is 0. The van der Waals surface area contributed by atoms with Gasteiger partial charge in [-0.25, -0.2) is 0 Å². The van der Waals surface area contributed by atoms with Crippen molar-refractivity contribution in [2.75, 3.05) is 6.54 Å². The van der Waals surface area contributed by atoms with E-state index in [9.17, 15) is 0 Å². The van der Waals surface area contributed by atoms with Crippen molar-refractivity contribution in [3.63, 3.8) is 0 Å². The van der Waals surface area contributed by atoms with Gasteiger partial charge in [-0.15, -0.1) is 0 Å². The number of rotatable bonds is 6. The van der Waals surface area contributed by atoms with Gasteiger partial charge in [0.05, 0.1) is 0 Å². The molecule has 1 aliphatic rings. The van der Waals surface area contributed by atoms with Crippen molar-refractivity contribution in [3.05, 3.63) is 46.5 Å². The van der Waals surface area contributed by atoms with Crippen LogP contribution in [0.25, 0.3) is 0 Å². The van der Waals surface area contributed by atoms with Crippen molar-refractivity contribution in [2.45, 2.75) is 65.3 Å². The highest BCUT2D eigenvalue weighted by atomic mass is 14.9. The van der Waals surface area contributed by atoms with Gasteiger partial charge < -0.3 is 5.32 Å². The molecule has 0 amide bonds. The van der Waals surface area contributed by atoms with Gasteiger partial charge in [-0.2, -0.15) is 0 Å². The lowest BCUT2D eigenvalue weighted by atomic mass is 9.89. The summed E-state index contributed by atoms with van der Waals surface area (Å²) in [7, 11) is 0. The lowest BCUT2D eigenvalue weighted by Crippen LogP contribution is -2.23. The molecule has 0 bridgehead atoms. The molecular formula is C19H29N. The van der Waals surface area contributed by atoms with Gasteiger partial charge in [0.1, 0.15) is 0 Å². The van der Waals surface area contributed by atoms with Gasteiger partial charge in [-0.3, -0.25) is 0 Å². The summed E-state index contributed by atoms with van der Waals surface area (Å²) in [6.45, 7) is 7.77. The number of nitrogens with one attached hydrogen (secondary N) is 1. The minimum atomic E-state index is 0.486. The second kappa shape index (κ2) is 7.64. The Labute approximate surface area is 124 Å². The summed E-state index contributed by atoms with van der Waals surface area (Å²) in [5.74, 6) is 0. The van der Waals surface area contributed by atoms with E-state index in [-0.39, 0.29) is 0 Å². The van der Waals surface area contributed by atoms with E-state index in [4.69, 9.17) is 0 Å². The molecular weight excluding hydrogens is 242 g/mol. The molecule has 1 atom stereocenters. The number of hydrogen-bond acceptors (Lipinski definition) is 1. The van der Waals surface area contributed by atoms with Crippen LogP contribution in [-0.2, 0) is 0 Å². The molecule has 0 aliphatic heterocycles. The van der Waals surface area contributed by atoms with Crippen LogP contribution in [0.4, 0.5) is 0 Å². The van der Waals surface area contributed by atoms with Gasteiger partial charge in [0.2, 0.25) is 0 Å². The molecule has 1 heteroatoms. The van der Waals surface area contributed by atoms with Crippen molar-refractivity contribution in [1.82, 2.24) is 5.32 Å². The van der Waals surface area contributed by atoms with Gasteiger partial charge in [-0.1, -0.05) is 42.3 Å². The predicted octanol–water partition coefficient (Wildman–Crippen LogP) is 5.23. The quantitative estimate of drug-likeness (QED) is 0.698. The minimum absolute atomic E-state index is 0.486. The second-order valence-corrected chi connectivity index (χ2v) is 6.18. The van der Waals surface area contributed by atoms with Crippen LogP contribution >= 0.6 is 0 Å². The minimum Gasteiger partial charge on any atom is -0.310 e. The summed E-state index contributed by atoms with van der Waals surface area (Å²) in [5.41, 5.74) is 5.92. The topological polar surface area (TPSA) is 12.0 Å². The highest BCUT2D eigenvalue weighted by molar-refractivity contribution is 5.33. The summed E-state index contributed by atoms with van der Waals surface area (Å²) >= 11 is 0. The zero-order chi connectivity index (χ0) is 14.4. The predicted molar refractivity (Wildman–Crippen MR) is 88.1 cm³/mol. The van der Waals surface area contributed by atoms with Crippen LogP contribution in [0.5, 0.6) is 0 Å². The Balaban J connectivity index is 2.15. The third-order valence-corrected chi connectivity index (χ3v) is 4.29. The summed E-state index contributed by atoms with van der Waals surface area (Å²) in [6.07, 6.45) is 10.2. The van der Waals surface area contributed by atoms with Gasteiger partial charge >= 0.3 is 0 Å².